The Morgan fingerprint density at radius 3 is 1.76 bits per heavy atom. The van der Waals surface area contributed by atoms with E-state index >= 15 is 0 Å². The van der Waals surface area contributed by atoms with E-state index in [9.17, 15) is 0 Å². The molecule has 0 atom stereocenters. The Kier molecular flexibility index (Phi) is 7.58. The molecule has 8 aromatic carbocycles. The van der Waals surface area contributed by atoms with Crippen molar-refractivity contribution in [1.82, 2.24) is 0 Å². The van der Waals surface area contributed by atoms with Crippen molar-refractivity contribution in [3.63, 3.8) is 0 Å². The third kappa shape index (κ3) is 5.26. The van der Waals surface area contributed by atoms with Crippen LogP contribution in [-0.4, -0.2) is 0 Å². The topological polar surface area (TPSA) is 29.5 Å². The molecular weight excluding hydrogens is 671 g/mol. The minimum Gasteiger partial charge on any atom is -0.455 e. The third-order valence-electron chi connectivity index (χ3n) is 11.9. The van der Waals surface area contributed by atoms with E-state index in [2.05, 4.69) is 157 Å². The zero-order valence-electron chi connectivity index (χ0n) is 30.5. The number of para-hydroxylation sites is 5. The Morgan fingerprint density at radius 2 is 0.982 bits per heavy atom. The molecule has 2 aromatic heterocycles. The molecule has 0 bridgehead atoms. The van der Waals surface area contributed by atoms with Gasteiger partial charge < -0.3 is 13.7 Å². The summed E-state index contributed by atoms with van der Waals surface area (Å²) < 4.78 is 13.2. The van der Waals surface area contributed by atoms with Gasteiger partial charge in [-0.25, -0.2) is 0 Å². The highest BCUT2D eigenvalue weighted by Gasteiger charge is 2.25. The monoisotopic (exact) mass is 709 g/mol. The average Bonchev–Trinajstić information content (AvgIpc) is 3.83. The van der Waals surface area contributed by atoms with Crippen LogP contribution in [0.15, 0.2) is 179 Å². The number of hydrogen-bond acceptors (Lipinski definition) is 3. The molecule has 55 heavy (non-hydrogen) atoms. The first-order chi connectivity index (χ1) is 27.3. The zero-order valence-corrected chi connectivity index (χ0v) is 30.5. The van der Waals surface area contributed by atoms with E-state index in [0.717, 1.165) is 72.1 Å². The van der Waals surface area contributed by atoms with Crippen LogP contribution in [0.5, 0.6) is 0 Å². The molecule has 1 aliphatic carbocycles. The van der Waals surface area contributed by atoms with E-state index in [1.165, 1.54) is 59.6 Å². The van der Waals surface area contributed by atoms with Gasteiger partial charge in [0.15, 0.2) is 5.58 Å². The van der Waals surface area contributed by atoms with Gasteiger partial charge in [0, 0.05) is 38.4 Å². The van der Waals surface area contributed by atoms with Crippen molar-refractivity contribution in [2.24, 2.45) is 0 Å². The molecule has 10 aromatic rings. The molecule has 3 heteroatoms. The van der Waals surface area contributed by atoms with E-state index in [0.29, 0.717) is 5.92 Å². The molecule has 1 saturated carbocycles. The molecule has 2 heterocycles. The molecule has 0 saturated heterocycles. The van der Waals surface area contributed by atoms with E-state index in [-0.39, 0.29) is 0 Å². The van der Waals surface area contributed by atoms with E-state index in [4.69, 9.17) is 8.83 Å². The van der Waals surface area contributed by atoms with Gasteiger partial charge in [-0.1, -0.05) is 153 Å². The molecule has 0 amide bonds. The lowest BCUT2D eigenvalue weighted by molar-refractivity contribution is 0.445. The summed E-state index contributed by atoms with van der Waals surface area (Å²) in [6.07, 6.45) is 6.45. The average molecular weight is 710 g/mol. The van der Waals surface area contributed by atoms with Gasteiger partial charge in [0.05, 0.1) is 11.4 Å². The molecule has 3 nitrogen and oxygen atoms in total. The molecule has 264 valence electrons. The van der Waals surface area contributed by atoms with Crippen molar-refractivity contribution in [2.75, 3.05) is 4.90 Å². The van der Waals surface area contributed by atoms with Crippen LogP contribution in [0, 0.1) is 0 Å². The van der Waals surface area contributed by atoms with Gasteiger partial charge in [0.1, 0.15) is 16.7 Å². The Hall–Kier alpha value is -6.58. The van der Waals surface area contributed by atoms with Crippen LogP contribution in [-0.2, 0) is 0 Å². The van der Waals surface area contributed by atoms with Gasteiger partial charge in [-0.05, 0) is 82.6 Å². The van der Waals surface area contributed by atoms with E-state index < -0.39 is 0 Å². The number of furan rings is 2. The van der Waals surface area contributed by atoms with Gasteiger partial charge >= 0.3 is 0 Å². The highest BCUT2D eigenvalue weighted by Crippen LogP contribution is 2.48. The number of benzene rings is 8. The minimum absolute atomic E-state index is 0.579. The molecule has 0 radical (unpaired) electrons. The summed E-state index contributed by atoms with van der Waals surface area (Å²) in [5, 5.41) is 7.16. The standard InChI is InChI=1S/C52H39NO2/c1-2-14-34(15-3-1)38-21-10-16-36-17-11-23-43(50(36)38)40-18-4-7-26-46(40)53(47-27-13-25-45-42-20-6-9-29-49(42)55-52(45)47)37-32-30-35(31-33-37)39-22-12-24-44-41-19-5-8-28-48(41)54-51(39)44/h4-13,16-34H,1-3,14-15H2. The normalized spacial score (nSPS) is 13.7. The van der Waals surface area contributed by atoms with Crippen LogP contribution in [0.4, 0.5) is 17.1 Å². The van der Waals surface area contributed by atoms with Crippen LogP contribution in [0.1, 0.15) is 43.6 Å². The highest BCUT2D eigenvalue weighted by molar-refractivity contribution is 6.12. The van der Waals surface area contributed by atoms with Gasteiger partial charge in [0.2, 0.25) is 0 Å². The second-order valence-electron chi connectivity index (χ2n) is 15.0. The van der Waals surface area contributed by atoms with Crippen molar-refractivity contribution >= 4 is 71.7 Å². The van der Waals surface area contributed by atoms with Gasteiger partial charge in [-0.15, -0.1) is 0 Å². The highest BCUT2D eigenvalue weighted by atomic mass is 16.3. The Labute approximate surface area is 320 Å². The number of nitrogens with zero attached hydrogens (tertiary/aromatic N) is 1. The second-order valence-corrected chi connectivity index (χ2v) is 15.0. The van der Waals surface area contributed by atoms with Crippen molar-refractivity contribution in [3.05, 3.63) is 175 Å². The Balaban J connectivity index is 1.13. The fourth-order valence-corrected chi connectivity index (χ4v) is 9.33. The minimum atomic E-state index is 0.579. The number of rotatable bonds is 6. The SMILES string of the molecule is c1ccc(N(c2ccc(-c3cccc4c3oc3ccccc34)cc2)c2cccc3c2oc2ccccc23)c(-c2cccc3cccc(C4CCCCC4)c23)c1. The number of hydrogen-bond donors (Lipinski definition) is 0. The molecule has 0 spiro atoms. The van der Waals surface area contributed by atoms with Crippen molar-refractivity contribution in [3.8, 4) is 22.3 Å². The third-order valence-corrected chi connectivity index (χ3v) is 11.9. The lowest BCUT2D eigenvalue weighted by atomic mass is 9.80. The van der Waals surface area contributed by atoms with E-state index in [1.54, 1.807) is 0 Å². The summed E-state index contributed by atoms with van der Waals surface area (Å²) in [5.41, 5.74) is 12.9. The molecule has 1 fully saturated rings. The number of anilines is 3. The zero-order chi connectivity index (χ0) is 36.3. The predicted octanol–water partition coefficient (Wildman–Crippen LogP) is 15.5. The van der Waals surface area contributed by atoms with Crippen molar-refractivity contribution in [2.45, 2.75) is 38.0 Å². The van der Waals surface area contributed by atoms with Crippen LogP contribution in [0.3, 0.4) is 0 Å². The summed E-state index contributed by atoms with van der Waals surface area (Å²) in [5.74, 6) is 0.579. The first kappa shape index (κ1) is 31.9. The first-order valence-corrected chi connectivity index (χ1v) is 19.6. The van der Waals surface area contributed by atoms with Crippen LogP contribution in [0.2, 0.25) is 0 Å². The maximum atomic E-state index is 6.74. The molecule has 11 rings (SSSR count). The predicted molar refractivity (Wildman–Crippen MR) is 230 cm³/mol. The number of fused-ring (bicyclic) bond motifs is 7. The quantitative estimate of drug-likeness (QED) is 0.172. The molecular formula is C52H39NO2. The largest absolute Gasteiger partial charge is 0.455 e. The fraction of sp³-hybridized carbons (Fsp3) is 0.115. The maximum absolute atomic E-state index is 6.74. The molecule has 0 unspecified atom stereocenters. The van der Waals surface area contributed by atoms with Gasteiger partial charge in [-0.2, -0.15) is 0 Å². The summed E-state index contributed by atoms with van der Waals surface area (Å²) in [4.78, 5) is 2.40. The smallest absolute Gasteiger partial charge is 0.159 e. The lowest BCUT2D eigenvalue weighted by Crippen LogP contribution is -2.12. The van der Waals surface area contributed by atoms with Gasteiger partial charge in [-0.3, -0.25) is 0 Å². The first-order valence-electron chi connectivity index (χ1n) is 19.6. The molecule has 1 aliphatic rings. The van der Waals surface area contributed by atoms with Crippen molar-refractivity contribution < 1.29 is 8.83 Å². The summed E-state index contributed by atoms with van der Waals surface area (Å²) in [6, 6.07) is 61.2. The maximum Gasteiger partial charge on any atom is 0.159 e. The van der Waals surface area contributed by atoms with E-state index in [1.807, 2.05) is 18.2 Å². The lowest BCUT2D eigenvalue weighted by Gasteiger charge is -2.29. The van der Waals surface area contributed by atoms with Gasteiger partial charge in [0.25, 0.3) is 0 Å². The fourth-order valence-electron chi connectivity index (χ4n) is 9.33. The Morgan fingerprint density at radius 1 is 0.418 bits per heavy atom. The summed E-state index contributed by atoms with van der Waals surface area (Å²) >= 11 is 0. The van der Waals surface area contributed by atoms with Crippen LogP contribution >= 0.6 is 0 Å². The van der Waals surface area contributed by atoms with Crippen LogP contribution < -0.4 is 4.90 Å². The molecule has 0 aliphatic heterocycles. The summed E-state index contributed by atoms with van der Waals surface area (Å²) in [7, 11) is 0. The second kappa shape index (κ2) is 13.1. The Bertz CT molecular complexity index is 3030. The van der Waals surface area contributed by atoms with Crippen LogP contribution in [0.25, 0.3) is 76.9 Å². The summed E-state index contributed by atoms with van der Waals surface area (Å²) in [6.45, 7) is 0. The molecule has 0 N–H and O–H groups in total. The van der Waals surface area contributed by atoms with Crippen molar-refractivity contribution in [1.29, 1.82) is 0 Å².